The van der Waals surface area contributed by atoms with Gasteiger partial charge in [0.05, 0.1) is 0 Å². The van der Waals surface area contributed by atoms with Crippen molar-refractivity contribution in [3.05, 3.63) is 46.2 Å². The molecule has 0 atom stereocenters. The number of amides is 1. The second kappa shape index (κ2) is 6.44. The van der Waals surface area contributed by atoms with Gasteiger partial charge in [0.15, 0.2) is 0 Å². The molecule has 0 unspecified atom stereocenters. The summed E-state index contributed by atoms with van der Waals surface area (Å²) in [6.07, 6.45) is 0. The predicted molar refractivity (Wildman–Crippen MR) is 91.4 cm³/mol. The number of hydrogen-bond donors (Lipinski definition) is 2. The Morgan fingerprint density at radius 2 is 1.91 bits per heavy atom. The van der Waals surface area contributed by atoms with Crippen molar-refractivity contribution < 1.29 is 4.79 Å². The highest BCUT2D eigenvalue weighted by atomic mass is 79.9. The summed E-state index contributed by atoms with van der Waals surface area (Å²) in [5.74, 6) is 0.187. The van der Waals surface area contributed by atoms with Crippen molar-refractivity contribution in [1.82, 2.24) is 15.3 Å². The van der Waals surface area contributed by atoms with Crippen molar-refractivity contribution in [3.63, 3.8) is 0 Å². The van der Waals surface area contributed by atoms with Crippen LogP contribution in [0.5, 0.6) is 0 Å². The van der Waals surface area contributed by atoms with Gasteiger partial charge in [-0.1, -0.05) is 22.0 Å². The number of benzene rings is 1. The molecular weight excluding hydrogens is 344 g/mol. The first-order valence-electron chi connectivity index (χ1n) is 6.94. The van der Waals surface area contributed by atoms with Gasteiger partial charge in [-0.2, -0.15) is 0 Å². The van der Waals surface area contributed by atoms with E-state index in [1.807, 2.05) is 52.0 Å². The maximum absolute atomic E-state index is 12.2. The quantitative estimate of drug-likeness (QED) is 0.870. The number of halogens is 1. The minimum absolute atomic E-state index is 0.213. The van der Waals surface area contributed by atoms with E-state index in [0.29, 0.717) is 11.6 Å². The van der Waals surface area contributed by atoms with Gasteiger partial charge >= 0.3 is 0 Å². The number of nitrogens with zero attached hydrogens (tertiary/aromatic N) is 2. The maximum Gasteiger partial charge on any atom is 0.270 e. The monoisotopic (exact) mass is 362 g/mol. The molecule has 1 aromatic heterocycles. The second-order valence-corrected chi connectivity index (χ2v) is 6.97. The first-order valence-corrected chi connectivity index (χ1v) is 7.73. The molecule has 2 aromatic rings. The summed E-state index contributed by atoms with van der Waals surface area (Å²) in [5, 5.41) is 6.01. The molecule has 6 heteroatoms. The zero-order valence-electron chi connectivity index (χ0n) is 13.1. The average molecular weight is 363 g/mol. The van der Waals surface area contributed by atoms with Crippen molar-refractivity contribution in [1.29, 1.82) is 0 Å². The van der Waals surface area contributed by atoms with Crippen molar-refractivity contribution in [3.8, 4) is 0 Å². The lowest BCUT2D eigenvalue weighted by Gasteiger charge is -2.20. The van der Waals surface area contributed by atoms with Gasteiger partial charge in [0.2, 0.25) is 5.95 Å². The SMILES string of the molecule is Cc1cc(C(=O)NC(C)(C)C)nc(Nc2cccc(Br)c2)n1. The topological polar surface area (TPSA) is 66.9 Å². The molecule has 0 fully saturated rings. The summed E-state index contributed by atoms with van der Waals surface area (Å²) >= 11 is 3.42. The van der Waals surface area contributed by atoms with E-state index in [4.69, 9.17) is 0 Å². The van der Waals surface area contributed by atoms with Crippen LogP contribution in [0.1, 0.15) is 37.0 Å². The molecule has 0 aliphatic carbocycles. The van der Waals surface area contributed by atoms with Crippen LogP contribution < -0.4 is 10.6 Å². The molecule has 5 nitrogen and oxygen atoms in total. The van der Waals surface area contributed by atoms with Crippen LogP contribution in [0.25, 0.3) is 0 Å². The first-order chi connectivity index (χ1) is 10.2. The number of rotatable bonds is 3. The van der Waals surface area contributed by atoms with Gasteiger partial charge in [0.1, 0.15) is 5.69 Å². The van der Waals surface area contributed by atoms with Crippen LogP contribution in [-0.2, 0) is 0 Å². The summed E-state index contributed by atoms with van der Waals surface area (Å²) in [6, 6.07) is 9.35. The Morgan fingerprint density at radius 1 is 1.18 bits per heavy atom. The molecule has 2 rings (SSSR count). The highest BCUT2D eigenvalue weighted by Gasteiger charge is 2.17. The Labute approximate surface area is 138 Å². The van der Waals surface area contributed by atoms with Crippen molar-refractivity contribution in [2.24, 2.45) is 0 Å². The third kappa shape index (κ3) is 4.80. The van der Waals surface area contributed by atoms with Crippen molar-refractivity contribution in [2.45, 2.75) is 33.2 Å². The van der Waals surface area contributed by atoms with E-state index in [1.165, 1.54) is 0 Å². The predicted octanol–water partition coefficient (Wildman–Crippen LogP) is 3.82. The number of aryl methyl sites for hydroxylation is 1. The number of nitrogens with one attached hydrogen (secondary N) is 2. The highest BCUT2D eigenvalue weighted by molar-refractivity contribution is 9.10. The lowest BCUT2D eigenvalue weighted by molar-refractivity contribution is 0.0914. The van der Waals surface area contributed by atoms with Gasteiger partial charge in [-0.25, -0.2) is 9.97 Å². The second-order valence-electron chi connectivity index (χ2n) is 6.06. The number of anilines is 2. The van der Waals surface area contributed by atoms with E-state index in [-0.39, 0.29) is 11.4 Å². The molecule has 0 saturated heterocycles. The molecule has 0 radical (unpaired) electrons. The van der Waals surface area contributed by atoms with Crippen LogP contribution in [0, 0.1) is 6.92 Å². The van der Waals surface area contributed by atoms with Crippen LogP contribution in [0.2, 0.25) is 0 Å². The molecule has 0 bridgehead atoms. The first kappa shape index (κ1) is 16.4. The molecule has 1 aromatic carbocycles. The van der Waals surface area contributed by atoms with Gasteiger partial charge in [0, 0.05) is 21.4 Å². The van der Waals surface area contributed by atoms with E-state index < -0.39 is 0 Å². The third-order valence-electron chi connectivity index (χ3n) is 2.66. The Balaban J connectivity index is 2.25. The molecule has 1 heterocycles. The Bertz CT molecular complexity index is 695. The zero-order valence-corrected chi connectivity index (χ0v) is 14.7. The Kier molecular flexibility index (Phi) is 4.81. The van der Waals surface area contributed by atoms with Gasteiger partial charge in [-0.3, -0.25) is 4.79 Å². The number of aromatic nitrogens is 2. The lowest BCUT2D eigenvalue weighted by atomic mass is 10.1. The fourth-order valence-electron chi connectivity index (χ4n) is 1.84. The number of hydrogen-bond acceptors (Lipinski definition) is 4. The maximum atomic E-state index is 12.2. The largest absolute Gasteiger partial charge is 0.346 e. The van der Waals surface area contributed by atoms with Crippen molar-refractivity contribution >= 4 is 33.5 Å². The van der Waals surface area contributed by atoms with Crippen LogP contribution in [0.3, 0.4) is 0 Å². The van der Waals surface area contributed by atoms with Crippen LogP contribution >= 0.6 is 15.9 Å². The van der Waals surface area contributed by atoms with Gasteiger partial charge in [0.25, 0.3) is 5.91 Å². The van der Waals surface area contributed by atoms with Crippen molar-refractivity contribution in [2.75, 3.05) is 5.32 Å². The third-order valence-corrected chi connectivity index (χ3v) is 3.15. The summed E-state index contributed by atoms with van der Waals surface area (Å²) in [5.41, 5.74) is 1.61. The molecule has 116 valence electrons. The fourth-order valence-corrected chi connectivity index (χ4v) is 2.24. The Morgan fingerprint density at radius 3 is 2.55 bits per heavy atom. The van der Waals surface area contributed by atoms with E-state index in [0.717, 1.165) is 15.9 Å². The normalized spacial score (nSPS) is 11.1. The van der Waals surface area contributed by atoms with E-state index >= 15 is 0 Å². The van der Waals surface area contributed by atoms with Crippen LogP contribution in [-0.4, -0.2) is 21.4 Å². The van der Waals surface area contributed by atoms with E-state index in [1.54, 1.807) is 6.07 Å². The van der Waals surface area contributed by atoms with Crippen LogP contribution in [0.15, 0.2) is 34.8 Å². The highest BCUT2D eigenvalue weighted by Crippen LogP contribution is 2.19. The van der Waals surface area contributed by atoms with E-state index in [9.17, 15) is 4.79 Å². The molecule has 0 saturated carbocycles. The van der Waals surface area contributed by atoms with Gasteiger partial charge < -0.3 is 10.6 Å². The number of carbonyl (C=O) groups excluding carboxylic acids is 1. The molecule has 2 N–H and O–H groups in total. The minimum atomic E-state index is -0.312. The summed E-state index contributed by atoms with van der Waals surface area (Å²) in [6.45, 7) is 7.63. The fraction of sp³-hybridized carbons (Fsp3) is 0.312. The van der Waals surface area contributed by atoms with Crippen LogP contribution in [0.4, 0.5) is 11.6 Å². The lowest BCUT2D eigenvalue weighted by Crippen LogP contribution is -2.41. The van der Waals surface area contributed by atoms with E-state index in [2.05, 4.69) is 36.5 Å². The molecule has 0 aliphatic heterocycles. The molecule has 1 amide bonds. The van der Waals surface area contributed by atoms with Gasteiger partial charge in [-0.05, 0) is 52.0 Å². The number of carbonyl (C=O) groups is 1. The molecule has 0 aliphatic rings. The summed E-state index contributed by atoms with van der Waals surface area (Å²) < 4.78 is 0.954. The molecule has 0 spiro atoms. The Hall–Kier alpha value is -1.95. The minimum Gasteiger partial charge on any atom is -0.346 e. The molecule has 22 heavy (non-hydrogen) atoms. The summed E-state index contributed by atoms with van der Waals surface area (Å²) in [7, 11) is 0. The zero-order chi connectivity index (χ0) is 16.3. The standard InChI is InChI=1S/C16H19BrN4O/c1-10-8-13(14(22)21-16(2,3)4)20-15(18-10)19-12-7-5-6-11(17)9-12/h5-9H,1-4H3,(H,21,22)(H,18,19,20). The average Bonchev–Trinajstić information content (AvgIpc) is 2.36. The molecular formula is C16H19BrN4O. The summed E-state index contributed by atoms with van der Waals surface area (Å²) in [4.78, 5) is 20.8. The smallest absolute Gasteiger partial charge is 0.270 e. The van der Waals surface area contributed by atoms with Gasteiger partial charge in [-0.15, -0.1) is 0 Å².